The molecule has 0 aliphatic heterocycles. The zero-order chi connectivity index (χ0) is 26.1. The maximum Gasteiger partial charge on any atom is 0.335 e. The molecule has 0 saturated heterocycles. The van der Waals surface area contributed by atoms with E-state index in [1.54, 1.807) is 29.8 Å². The molecule has 2 N–H and O–H groups in total. The third-order valence-electron chi connectivity index (χ3n) is 6.59. The molecular formula is C31H23N3O3S. The number of aromatic nitrogens is 2. The minimum atomic E-state index is -0.979. The number of fused-ring (bicyclic) bond motifs is 2. The molecule has 0 aliphatic rings. The van der Waals surface area contributed by atoms with Crippen molar-refractivity contribution in [3.8, 4) is 10.4 Å². The summed E-state index contributed by atoms with van der Waals surface area (Å²) in [4.78, 5) is 30.5. The Morgan fingerprint density at radius 2 is 1.68 bits per heavy atom. The van der Waals surface area contributed by atoms with Crippen molar-refractivity contribution < 1.29 is 14.7 Å². The predicted molar refractivity (Wildman–Crippen MR) is 150 cm³/mol. The molecule has 3 heterocycles. The summed E-state index contributed by atoms with van der Waals surface area (Å²) >= 11 is 1.62. The van der Waals surface area contributed by atoms with Gasteiger partial charge in [0.15, 0.2) is 0 Å². The normalized spacial score (nSPS) is 11.2. The number of rotatable bonds is 7. The molecule has 38 heavy (non-hydrogen) atoms. The van der Waals surface area contributed by atoms with Gasteiger partial charge in [-0.15, -0.1) is 11.3 Å². The van der Waals surface area contributed by atoms with Crippen LogP contribution in [0.5, 0.6) is 0 Å². The quantitative estimate of drug-likeness (QED) is 0.255. The van der Waals surface area contributed by atoms with Crippen LogP contribution in [0.25, 0.3) is 26.7 Å². The monoisotopic (exact) mass is 517 g/mol. The molecule has 7 heteroatoms. The van der Waals surface area contributed by atoms with Gasteiger partial charge in [0.1, 0.15) is 0 Å². The number of carbonyl (C=O) groups is 2. The van der Waals surface area contributed by atoms with Crippen LogP contribution in [-0.4, -0.2) is 26.4 Å². The van der Waals surface area contributed by atoms with E-state index in [-0.39, 0.29) is 18.0 Å². The fraction of sp³-hybridized carbons (Fsp3) is 0.0645. The van der Waals surface area contributed by atoms with Crippen molar-refractivity contribution in [1.82, 2.24) is 14.7 Å². The number of thiophene rings is 1. The van der Waals surface area contributed by atoms with Crippen LogP contribution >= 0.6 is 11.3 Å². The van der Waals surface area contributed by atoms with E-state index < -0.39 is 5.97 Å². The topological polar surface area (TPSA) is 83.7 Å². The van der Waals surface area contributed by atoms with Gasteiger partial charge in [0.2, 0.25) is 0 Å². The van der Waals surface area contributed by atoms with Crippen LogP contribution in [0.4, 0.5) is 0 Å². The number of hydrogen-bond donors (Lipinski definition) is 2. The van der Waals surface area contributed by atoms with Crippen LogP contribution in [0, 0.1) is 0 Å². The van der Waals surface area contributed by atoms with Crippen molar-refractivity contribution in [1.29, 1.82) is 0 Å². The summed E-state index contributed by atoms with van der Waals surface area (Å²) in [6.07, 6.45) is 4.38. The van der Waals surface area contributed by atoms with Crippen molar-refractivity contribution in [3.63, 3.8) is 0 Å². The van der Waals surface area contributed by atoms with Crippen LogP contribution in [-0.2, 0) is 13.0 Å². The molecule has 3 aromatic carbocycles. The number of carboxylic acids is 1. The first-order valence-electron chi connectivity index (χ1n) is 12.2. The highest BCUT2D eigenvalue weighted by Crippen LogP contribution is 2.29. The third-order valence-corrected chi connectivity index (χ3v) is 7.51. The van der Waals surface area contributed by atoms with Gasteiger partial charge in [-0.1, -0.05) is 60.7 Å². The SMILES string of the molecule is O=C(O)c1ccc(CNC(=O)c2cc(-c3cccs3)cn3cnc(Cc4ccc5ccccc5c4)c23)cc1. The first-order valence-corrected chi connectivity index (χ1v) is 13.0. The average Bonchev–Trinajstić information content (AvgIpc) is 3.62. The van der Waals surface area contributed by atoms with Gasteiger partial charge < -0.3 is 14.8 Å². The lowest BCUT2D eigenvalue weighted by Crippen LogP contribution is -2.23. The highest BCUT2D eigenvalue weighted by molar-refractivity contribution is 7.13. The van der Waals surface area contributed by atoms with Crippen molar-refractivity contribution in [2.24, 2.45) is 0 Å². The number of carbonyl (C=O) groups excluding carboxylic acids is 1. The van der Waals surface area contributed by atoms with Crippen molar-refractivity contribution in [2.45, 2.75) is 13.0 Å². The number of imidazole rings is 1. The summed E-state index contributed by atoms with van der Waals surface area (Å²) in [7, 11) is 0. The smallest absolute Gasteiger partial charge is 0.335 e. The lowest BCUT2D eigenvalue weighted by atomic mass is 10.0. The summed E-state index contributed by atoms with van der Waals surface area (Å²) in [6.45, 7) is 0.280. The van der Waals surface area contributed by atoms with E-state index in [1.165, 1.54) is 22.9 Å². The Labute approximate surface area is 222 Å². The second-order valence-electron chi connectivity index (χ2n) is 9.11. The van der Waals surface area contributed by atoms with E-state index in [2.05, 4.69) is 35.6 Å². The van der Waals surface area contributed by atoms with Gasteiger partial charge in [-0.05, 0) is 51.5 Å². The standard InChI is InChI=1S/C31H23N3O3S/c35-30(32-17-20-7-11-23(12-8-20)31(36)37)26-16-25(28-6-3-13-38-28)18-34-19-33-27(29(26)34)15-21-9-10-22-4-1-2-5-24(22)14-21/h1-14,16,18-19H,15,17H2,(H,32,35)(H,36,37). The van der Waals surface area contributed by atoms with Crippen molar-refractivity contribution in [3.05, 3.63) is 131 Å². The lowest BCUT2D eigenvalue weighted by molar-refractivity contribution is 0.0696. The molecule has 0 fully saturated rings. The Hall–Kier alpha value is -4.75. The number of benzene rings is 3. The molecule has 6 aromatic rings. The van der Waals surface area contributed by atoms with E-state index >= 15 is 0 Å². The van der Waals surface area contributed by atoms with Gasteiger partial charge in [0, 0.05) is 29.6 Å². The van der Waals surface area contributed by atoms with Gasteiger partial charge in [-0.3, -0.25) is 4.79 Å². The Morgan fingerprint density at radius 1 is 0.895 bits per heavy atom. The number of nitrogens with one attached hydrogen (secondary N) is 1. The first kappa shape index (κ1) is 23.6. The number of carboxylic acid groups (broad SMARTS) is 1. The summed E-state index contributed by atoms with van der Waals surface area (Å²) in [5.74, 6) is -1.19. The van der Waals surface area contributed by atoms with Gasteiger partial charge in [-0.2, -0.15) is 0 Å². The van der Waals surface area contributed by atoms with Crippen LogP contribution in [0.15, 0.2) is 103 Å². The molecule has 3 aromatic heterocycles. The molecule has 0 radical (unpaired) electrons. The van der Waals surface area contributed by atoms with E-state index in [4.69, 9.17) is 10.1 Å². The fourth-order valence-electron chi connectivity index (χ4n) is 4.67. The molecule has 0 bridgehead atoms. The van der Waals surface area contributed by atoms with E-state index in [1.807, 2.05) is 46.3 Å². The van der Waals surface area contributed by atoms with Crippen molar-refractivity contribution >= 4 is 39.5 Å². The number of nitrogens with zero attached hydrogens (tertiary/aromatic N) is 2. The third kappa shape index (κ3) is 4.67. The molecule has 0 unspecified atom stereocenters. The molecule has 0 spiro atoms. The lowest BCUT2D eigenvalue weighted by Gasteiger charge is -2.11. The number of aromatic carboxylic acids is 1. The maximum absolute atomic E-state index is 13.6. The van der Waals surface area contributed by atoms with E-state index in [0.717, 1.165) is 32.8 Å². The second kappa shape index (κ2) is 9.95. The van der Waals surface area contributed by atoms with Gasteiger partial charge >= 0.3 is 5.97 Å². The molecule has 1 amide bonds. The molecule has 0 atom stereocenters. The number of amides is 1. The minimum absolute atomic E-state index is 0.211. The zero-order valence-electron chi connectivity index (χ0n) is 20.3. The van der Waals surface area contributed by atoms with E-state index in [9.17, 15) is 9.59 Å². The Kier molecular flexibility index (Phi) is 6.19. The zero-order valence-corrected chi connectivity index (χ0v) is 21.1. The summed E-state index contributed by atoms with van der Waals surface area (Å²) in [6, 6.07) is 27.1. The summed E-state index contributed by atoms with van der Waals surface area (Å²) in [5, 5.41) is 16.5. The van der Waals surface area contributed by atoms with Crippen molar-refractivity contribution in [2.75, 3.05) is 0 Å². The van der Waals surface area contributed by atoms with Crippen LogP contribution in [0.3, 0.4) is 0 Å². The van der Waals surface area contributed by atoms with Gasteiger partial charge in [0.25, 0.3) is 5.91 Å². The molecule has 0 saturated carbocycles. The molecular weight excluding hydrogens is 494 g/mol. The van der Waals surface area contributed by atoms with Crippen LogP contribution < -0.4 is 5.32 Å². The number of hydrogen-bond acceptors (Lipinski definition) is 4. The van der Waals surface area contributed by atoms with Crippen LogP contribution in [0.2, 0.25) is 0 Å². The first-order chi connectivity index (χ1) is 18.5. The Bertz CT molecular complexity index is 1790. The van der Waals surface area contributed by atoms with Crippen LogP contribution in [0.1, 0.15) is 37.5 Å². The average molecular weight is 518 g/mol. The molecule has 6 nitrogen and oxygen atoms in total. The highest BCUT2D eigenvalue weighted by Gasteiger charge is 2.18. The Morgan fingerprint density at radius 3 is 2.45 bits per heavy atom. The van der Waals surface area contributed by atoms with Gasteiger partial charge in [0.05, 0.1) is 28.7 Å². The molecule has 0 aliphatic carbocycles. The number of pyridine rings is 1. The maximum atomic E-state index is 13.6. The van der Waals surface area contributed by atoms with Gasteiger partial charge in [-0.25, -0.2) is 9.78 Å². The highest BCUT2D eigenvalue weighted by atomic mass is 32.1. The molecule has 6 rings (SSSR count). The second-order valence-corrected chi connectivity index (χ2v) is 10.1. The summed E-state index contributed by atoms with van der Waals surface area (Å²) < 4.78 is 1.93. The fourth-order valence-corrected chi connectivity index (χ4v) is 5.38. The van der Waals surface area contributed by atoms with E-state index in [0.29, 0.717) is 12.0 Å². The summed E-state index contributed by atoms with van der Waals surface area (Å²) in [5.41, 5.74) is 5.24. The molecule has 186 valence electrons. The predicted octanol–water partition coefficient (Wildman–Crippen LogP) is 6.44. The largest absolute Gasteiger partial charge is 0.478 e. The Balaban J connectivity index is 1.35. The minimum Gasteiger partial charge on any atom is -0.478 e.